The summed E-state index contributed by atoms with van der Waals surface area (Å²) in [6.45, 7) is 8.72. The fourth-order valence-corrected chi connectivity index (χ4v) is 4.18. The molecule has 0 spiro atoms. The fourth-order valence-electron chi connectivity index (χ4n) is 4.18. The van der Waals surface area contributed by atoms with Gasteiger partial charge in [0.05, 0.1) is 17.8 Å². The van der Waals surface area contributed by atoms with Gasteiger partial charge in [-0.25, -0.2) is 9.69 Å². The number of barbiturate groups is 1. The Hall–Kier alpha value is -3.87. The maximum atomic E-state index is 13.2. The molecule has 2 aliphatic heterocycles. The Morgan fingerprint density at radius 2 is 1.76 bits per heavy atom. The second-order valence-electron chi connectivity index (χ2n) is 8.70. The number of hydrogen-bond acceptors (Lipinski definition) is 5. The van der Waals surface area contributed by atoms with E-state index >= 15 is 0 Å². The number of rotatable bonds is 4. The highest BCUT2D eigenvalue weighted by molar-refractivity contribution is 6.39. The predicted octanol–water partition coefficient (Wildman–Crippen LogP) is 4.38. The Morgan fingerprint density at radius 1 is 1.06 bits per heavy atom. The number of benzene rings is 2. The van der Waals surface area contributed by atoms with Gasteiger partial charge in [0.1, 0.15) is 11.3 Å². The van der Waals surface area contributed by atoms with Crippen LogP contribution in [0.5, 0.6) is 5.75 Å². The first kappa shape index (κ1) is 22.3. The lowest BCUT2D eigenvalue weighted by Crippen LogP contribution is -2.54. The largest absolute Gasteiger partial charge is 0.494 e. The molecule has 0 aromatic heterocycles. The standard InChI is InChI=1S/C26H27N3O4/c1-6-33-19-10-8-18(9-11-19)29-24(31)21(23(30)27-25(29)32)14-17-7-12-22-20(13-17)16(2)15-26(3,4)28(22)5/h7-15H,6H2,1-5H3,(H,27,30,32)/b21-14+. The van der Waals surface area contributed by atoms with E-state index < -0.39 is 17.8 Å². The molecule has 1 fully saturated rings. The molecule has 0 aliphatic carbocycles. The van der Waals surface area contributed by atoms with Gasteiger partial charge in [-0.1, -0.05) is 12.1 Å². The van der Waals surface area contributed by atoms with Gasteiger partial charge in [-0.3, -0.25) is 14.9 Å². The van der Waals surface area contributed by atoms with E-state index in [0.29, 0.717) is 23.6 Å². The van der Waals surface area contributed by atoms with E-state index in [1.54, 1.807) is 24.3 Å². The summed E-state index contributed by atoms with van der Waals surface area (Å²) in [7, 11) is 2.04. The number of imide groups is 2. The van der Waals surface area contributed by atoms with Crippen LogP contribution in [0.3, 0.4) is 0 Å². The Morgan fingerprint density at radius 3 is 2.42 bits per heavy atom. The van der Waals surface area contributed by atoms with Crippen molar-refractivity contribution < 1.29 is 19.1 Å². The zero-order chi connectivity index (χ0) is 23.9. The molecule has 4 amide bonds. The molecule has 0 radical (unpaired) electrons. The van der Waals surface area contributed by atoms with Crippen molar-refractivity contribution in [3.05, 3.63) is 65.2 Å². The Bertz CT molecular complexity index is 1210. The van der Waals surface area contributed by atoms with Gasteiger partial charge in [-0.15, -0.1) is 0 Å². The van der Waals surface area contributed by atoms with Crippen LogP contribution in [-0.2, 0) is 9.59 Å². The predicted molar refractivity (Wildman–Crippen MR) is 129 cm³/mol. The summed E-state index contributed by atoms with van der Waals surface area (Å²) in [4.78, 5) is 41.3. The third-order valence-electron chi connectivity index (χ3n) is 6.06. The lowest BCUT2D eigenvalue weighted by molar-refractivity contribution is -0.122. The molecule has 0 unspecified atom stereocenters. The summed E-state index contributed by atoms with van der Waals surface area (Å²) >= 11 is 0. The van der Waals surface area contributed by atoms with Crippen LogP contribution in [0.25, 0.3) is 11.6 Å². The maximum Gasteiger partial charge on any atom is 0.335 e. The molecule has 1 saturated heterocycles. The van der Waals surface area contributed by atoms with Crippen LogP contribution in [0.2, 0.25) is 0 Å². The number of carbonyl (C=O) groups is 3. The van der Waals surface area contributed by atoms with Gasteiger partial charge in [0.15, 0.2) is 0 Å². The van der Waals surface area contributed by atoms with Gasteiger partial charge in [-0.05, 0) is 81.3 Å². The molecule has 2 heterocycles. The Labute approximate surface area is 193 Å². The van der Waals surface area contributed by atoms with Crippen molar-refractivity contribution in [1.29, 1.82) is 0 Å². The Balaban J connectivity index is 1.69. The first-order valence-corrected chi connectivity index (χ1v) is 10.8. The molecular formula is C26H27N3O4. The lowest BCUT2D eigenvalue weighted by atomic mass is 9.88. The molecule has 33 heavy (non-hydrogen) atoms. The van der Waals surface area contributed by atoms with Gasteiger partial charge >= 0.3 is 6.03 Å². The summed E-state index contributed by atoms with van der Waals surface area (Å²) in [5, 5.41) is 2.27. The zero-order valence-electron chi connectivity index (χ0n) is 19.4. The quantitative estimate of drug-likeness (QED) is 0.558. The van der Waals surface area contributed by atoms with Gasteiger partial charge in [0.2, 0.25) is 0 Å². The number of fused-ring (bicyclic) bond motifs is 1. The molecule has 170 valence electrons. The minimum Gasteiger partial charge on any atom is -0.494 e. The number of nitrogens with one attached hydrogen (secondary N) is 1. The zero-order valence-corrected chi connectivity index (χ0v) is 19.4. The van der Waals surface area contributed by atoms with Crippen molar-refractivity contribution in [2.24, 2.45) is 0 Å². The molecule has 0 bridgehead atoms. The van der Waals surface area contributed by atoms with Crippen molar-refractivity contribution in [3.8, 4) is 5.75 Å². The van der Waals surface area contributed by atoms with Crippen LogP contribution in [0.4, 0.5) is 16.2 Å². The number of carbonyl (C=O) groups excluding carboxylic acids is 3. The third kappa shape index (κ3) is 4.02. The number of urea groups is 1. The molecule has 2 aromatic carbocycles. The summed E-state index contributed by atoms with van der Waals surface area (Å²) < 4.78 is 5.42. The number of anilines is 2. The molecule has 4 rings (SSSR count). The van der Waals surface area contributed by atoms with Crippen LogP contribution in [0.15, 0.2) is 54.1 Å². The van der Waals surface area contributed by atoms with Gasteiger partial charge < -0.3 is 9.64 Å². The van der Waals surface area contributed by atoms with Crippen LogP contribution in [0, 0.1) is 0 Å². The second-order valence-corrected chi connectivity index (χ2v) is 8.70. The molecule has 2 aromatic rings. The van der Waals surface area contributed by atoms with Crippen molar-refractivity contribution in [2.45, 2.75) is 33.2 Å². The topological polar surface area (TPSA) is 79.0 Å². The minimum atomic E-state index is -0.778. The van der Waals surface area contributed by atoms with E-state index in [-0.39, 0.29) is 11.1 Å². The van der Waals surface area contributed by atoms with Crippen LogP contribution >= 0.6 is 0 Å². The summed E-state index contributed by atoms with van der Waals surface area (Å²) in [5.41, 5.74) is 4.08. The van der Waals surface area contributed by atoms with E-state index in [1.165, 1.54) is 6.08 Å². The average Bonchev–Trinajstić information content (AvgIpc) is 2.76. The number of hydrogen-bond donors (Lipinski definition) is 1. The van der Waals surface area contributed by atoms with Gasteiger partial charge in [-0.2, -0.15) is 0 Å². The first-order valence-electron chi connectivity index (χ1n) is 10.8. The molecular weight excluding hydrogens is 418 g/mol. The van der Waals surface area contributed by atoms with Crippen molar-refractivity contribution >= 4 is 40.9 Å². The molecule has 7 heteroatoms. The van der Waals surface area contributed by atoms with Crippen LogP contribution < -0.4 is 19.9 Å². The lowest BCUT2D eigenvalue weighted by Gasteiger charge is -2.40. The summed E-state index contributed by atoms with van der Waals surface area (Å²) in [6, 6.07) is 11.6. The molecule has 0 saturated carbocycles. The summed E-state index contributed by atoms with van der Waals surface area (Å²) in [6.07, 6.45) is 3.72. The van der Waals surface area contributed by atoms with Crippen molar-refractivity contribution in [2.75, 3.05) is 23.5 Å². The molecule has 2 aliphatic rings. The van der Waals surface area contributed by atoms with Crippen LogP contribution in [-0.4, -0.2) is 37.0 Å². The summed E-state index contributed by atoms with van der Waals surface area (Å²) in [5.74, 6) is -0.754. The molecule has 7 nitrogen and oxygen atoms in total. The highest BCUT2D eigenvalue weighted by Crippen LogP contribution is 2.38. The molecule has 0 atom stereocenters. The first-order chi connectivity index (χ1) is 15.6. The van der Waals surface area contributed by atoms with Gasteiger partial charge in [0.25, 0.3) is 11.8 Å². The maximum absolute atomic E-state index is 13.2. The highest BCUT2D eigenvalue weighted by Gasteiger charge is 2.37. The number of ether oxygens (including phenoxy) is 1. The van der Waals surface area contributed by atoms with E-state index in [0.717, 1.165) is 21.7 Å². The van der Waals surface area contributed by atoms with Gasteiger partial charge in [0, 0.05) is 18.3 Å². The minimum absolute atomic E-state index is 0.102. The molecule has 1 N–H and O–H groups in total. The van der Waals surface area contributed by atoms with E-state index in [1.807, 2.05) is 32.2 Å². The fraction of sp³-hybridized carbons (Fsp3) is 0.269. The number of allylic oxidation sites excluding steroid dienone is 1. The van der Waals surface area contributed by atoms with Crippen LogP contribution in [0.1, 0.15) is 38.8 Å². The highest BCUT2D eigenvalue weighted by atomic mass is 16.5. The Kier molecular flexibility index (Phi) is 5.57. The third-order valence-corrected chi connectivity index (χ3v) is 6.06. The van der Waals surface area contributed by atoms with E-state index in [9.17, 15) is 14.4 Å². The normalized spacial score (nSPS) is 18.8. The second kappa shape index (κ2) is 8.24. The average molecular weight is 446 g/mol. The van der Waals surface area contributed by atoms with Crippen molar-refractivity contribution in [1.82, 2.24) is 5.32 Å². The number of likely N-dealkylation sites (N-methyl/N-ethyl adjacent to an activating group) is 1. The number of nitrogens with zero attached hydrogens (tertiary/aromatic N) is 2. The SMILES string of the molecule is CCOc1ccc(N2C(=O)NC(=O)/C(=C\c3ccc4c(c3)C(C)=CC(C)(C)N4C)C2=O)cc1. The van der Waals surface area contributed by atoms with Crippen molar-refractivity contribution in [3.63, 3.8) is 0 Å². The van der Waals surface area contributed by atoms with E-state index in [2.05, 4.69) is 37.1 Å². The monoisotopic (exact) mass is 445 g/mol. The van der Waals surface area contributed by atoms with E-state index in [4.69, 9.17) is 4.74 Å². The smallest absolute Gasteiger partial charge is 0.335 e. The number of amides is 4.